The molecule has 1 atom stereocenters. The highest BCUT2D eigenvalue weighted by Crippen LogP contribution is 2.27. The summed E-state index contributed by atoms with van der Waals surface area (Å²) in [6.07, 6.45) is 0.0600. The van der Waals surface area contributed by atoms with Crippen LogP contribution in [0.5, 0.6) is 0 Å². The Labute approximate surface area is 147 Å². The van der Waals surface area contributed by atoms with Crippen LogP contribution in [-0.4, -0.2) is 22.8 Å². The fourth-order valence-electron chi connectivity index (χ4n) is 2.14. The molecule has 0 aliphatic rings. The maximum Gasteiger partial charge on any atom is 0.339 e. The van der Waals surface area contributed by atoms with Gasteiger partial charge in [-0.25, -0.2) is 4.79 Å². The summed E-state index contributed by atoms with van der Waals surface area (Å²) < 4.78 is 5.65. The molecule has 1 N–H and O–H groups in total. The number of halogens is 2. The Morgan fingerprint density at radius 1 is 1.42 bits per heavy atom. The second kappa shape index (κ2) is 7.49. The molecular weight excluding hydrogens is 355 g/mol. The Hall–Kier alpha value is -2.33. The SMILES string of the molecule is COC(=O)c1cc(C#N)c(=O)n(CC(O)c2cc(Cl)ccc2Cl)c1. The molecule has 1 aromatic carbocycles. The monoisotopic (exact) mass is 366 g/mol. The van der Waals surface area contributed by atoms with Gasteiger partial charge in [0.1, 0.15) is 11.6 Å². The number of nitrogens with zero attached hydrogens (tertiary/aromatic N) is 2. The third-order valence-corrected chi connectivity index (χ3v) is 3.89. The molecule has 0 aliphatic carbocycles. The summed E-state index contributed by atoms with van der Waals surface area (Å²) in [4.78, 5) is 23.9. The lowest BCUT2D eigenvalue weighted by Gasteiger charge is -2.15. The van der Waals surface area contributed by atoms with Crippen molar-refractivity contribution in [3.05, 3.63) is 67.6 Å². The van der Waals surface area contributed by atoms with E-state index in [4.69, 9.17) is 28.5 Å². The highest BCUT2D eigenvalue weighted by molar-refractivity contribution is 6.33. The number of esters is 1. The highest BCUT2D eigenvalue weighted by Gasteiger charge is 2.17. The summed E-state index contributed by atoms with van der Waals surface area (Å²) in [6, 6.07) is 7.43. The van der Waals surface area contributed by atoms with E-state index in [1.165, 1.54) is 25.4 Å². The topological polar surface area (TPSA) is 92.3 Å². The van der Waals surface area contributed by atoms with Crippen molar-refractivity contribution < 1.29 is 14.6 Å². The largest absolute Gasteiger partial charge is 0.465 e. The van der Waals surface area contributed by atoms with E-state index in [1.54, 1.807) is 12.1 Å². The van der Waals surface area contributed by atoms with Crippen LogP contribution in [0, 0.1) is 11.3 Å². The van der Waals surface area contributed by atoms with Gasteiger partial charge in [0.25, 0.3) is 5.56 Å². The number of benzene rings is 1. The molecule has 0 radical (unpaired) electrons. The van der Waals surface area contributed by atoms with Crippen LogP contribution in [0.1, 0.15) is 27.6 Å². The van der Waals surface area contributed by atoms with Crippen molar-refractivity contribution in [3.63, 3.8) is 0 Å². The fraction of sp³-hybridized carbons (Fsp3) is 0.188. The lowest BCUT2D eigenvalue weighted by molar-refractivity contribution is 0.0598. The Balaban J connectivity index is 2.45. The summed E-state index contributed by atoms with van der Waals surface area (Å²) >= 11 is 11.9. The van der Waals surface area contributed by atoms with Gasteiger partial charge in [0.15, 0.2) is 0 Å². The van der Waals surface area contributed by atoms with Crippen molar-refractivity contribution in [2.24, 2.45) is 0 Å². The van der Waals surface area contributed by atoms with E-state index in [0.717, 1.165) is 10.6 Å². The number of aliphatic hydroxyl groups excluding tert-OH is 1. The van der Waals surface area contributed by atoms with Crippen LogP contribution >= 0.6 is 23.2 Å². The number of aliphatic hydroxyl groups is 1. The second-order valence-electron chi connectivity index (χ2n) is 4.88. The van der Waals surface area contributed by atoms with Crippen molar-refractivity contribution in [3.8, 4) is 6.07 Å². The molecule has 0 bridgehead atoms. The molecule has 8 heteroatoms. The van der Waals surface area contributed by atoms with Crippen molar-refractivity contribution >= 4 is 29.2 Å². The van der Waals surface area contributed by atoms with E-state index >= 15 is 0 Å². The van der Waals surface area contributed by atoms with E-state index in [1.807, 2.05) is 0 Å². The second-order valence-corrected chi connectivity index (χ2v) is 5.73. The van der Waals surface area contributed by atoms with Crippen LogP contribution in [0.15, 0.2) is 35.3 Å². The minimum Gasteiger partial charge on any atom is -0.465 e. The van der Waals surface area contributed by atoms with Crippen molar-refractivity contribution in [1.82, 2.24) is 4.57 Å². The molecule has 2 aromatic rings. The normalized spacial score (nSPS) is 11.6. The molecule has 1 heterocycles. The van der Waals surface area contributed by atoms with Gasteiger partial charge in [0.05, 0.1) is 25.3 Å². The molecular formula is C16H12Cl2N2O4. The number of hydrogen-bond acceptors (Lipinski definition) is 5. The predicted molar refractivity (Wildman–Crippen MR) is 88.2 cm³/mol. The molecule has 0 amide bonds. The van der Waals surface area contributed by atoms with Crippen molar-refractivity contribution in [2.45, 2.75) is 12.6 Å². The number of methoxy groups -OCH3 is 1. The standard InChI is InChI=1S/C16H12Cl2N2O4/c1-24-16(23)10-4-9(6-19)15(22)20(7-10)8-14(21)12-5-11(17)2-3-13(12)18/h2-5,7,14,21H,8H2,1H3. The third-order valence-electron chi connectivity index (χ3n) is 3.31. The number of ether oxygens (including phenoxy) is 1. The first-order chi connectivity index (χ1) is 11.4. The quantitative estimate of drug-likeness (QED) is 0.839. The zero-order valence-electron chi connectivity index (χ0n) is 12.5. The van der Waals surface area contributed by atoms with Crippen LogP contribution in [0.3, 0.4) is 0 Å². The zero-order chi connectivity index (χ0) is 17.9. The average molecular weight is 367 g/mol. The summed E-state index contributed by atoms with van der Waals surface area (Å²) in [5.74, 6) is -0.699. The smallest absolute Gasteiger partial charge is 0.339 e. The Morgan fingerprint density at radius 2 is 2.12 bits per heavy atom. The van der Waals surface area contributed by atoms with Crippen LogP contribution < -0.4 is 5.56 Å². The number of pyridine rings is 1. The number of carbonyl (C=O) groups excluding carboxylic acids is 1. The molecule has 2 rings (SSSR count). The first-order valence-corrected chi connectivity index (χ1v) is 7.49. The molecule has 0 fully saturated rings. The van der Waals surface area contributed by atoms with Gasteiger partial charge in [-0.2, -0.15) is 5.26 Å². The van der Waals surface area contributed by atoms with Crippen LogP contribution in [0.2, 0.25) is 10.0 Å². The minimum atomic E-state index is -1.16. The van der Waals surface area contributed by atoms with E-state index in [9.17, 15) is 14.7 Å². The molecule has 1 unspecified atom stereocenters. The lowest BCUT2D eigenvalue weighted by atomic mass is 10.1. The van der Waals surface area contributed by atoms with Gasteiger partial charge in [-0.3, -0.25) is 4.79 Å². The average Bonchev–Trinajstić information content (AvgIpc) is 2.57. The van der Waals surface area contributed by atoms with E-state index in [0.29, 0.717) is 10.6 Å². The molecule has 0 aliphatic heterocycles. The van der Waals surface area contributed by atoms with Gasteiger partial charge >= 0.3 is 5.97 Å². The number of aromatic nitrogens is 1. The van der Waals surface area contributed by atoms with E-state index < -0.39 is 17.6 Å². The van der Waals surface area contributed by atoms with Crippen LogP contribution in [0.25, 0.3) is 0 Å². The summed E-state index contributed by atoms with van der Waals surface area (Å²) in [7, 11) is 1.18. The minimum absolute atomic E-state index is 0.0260. The van der Waals surface area contributed by atoms with Crippen LogP contribution in [0.4, 0.5) is 0 Å². The summed E-state index contributed by atoms with van der Waals surface area (Å²) in [5, 5.41) is 20.0. The Bertz CT molecular complexity index is 887. The van der Waals surface area contributed by atoms with Gasteiger partial charge in [0.2, 0.25) is 0 Å². The highest BCUT2D eigenvalue weighted by atomic mass is 35.5. The van der Waals surface area contributed by atoms with Crippen molar-refractivity contribution in [2.75, 3.05) is 7.11 Å². The molecule has 124 valence electrons. The summed E-state index contributed by atoms with van der Waals surface area (Å²) in [5.41, 5.74) is -0.513. The maximum atomic E-state index is 12.2. The Kier molecular flexibility index (Phi) is 5.62. The Morgan fingerprint density at radius 3 is 2.75 bits per heavy atom. The predicted octanol–water partition coefficient (Wildman–Crippen LogP) is 2.55. The molecule has 0 saturated carbocycles. The number of hydrogen-bond donors (Lipinski definition) is 1. The van der Waals surface area contributed by atoms with Gasteiger partial charge in [0, 0.05) is 21.8 Å². The molecule has 24 heavy (non-hydrogen) atoms. The van der Waals surface area contributed by atoms with Gasteiger partial charge in [-0.05, 0) is 24.3 Å². The number of nitriles is 1. The van der Waals surface area contributed by atoms with Crippen molar-refractivity contribution in [1.29, 1.82) is 5.26 Å². The maximum absolute atomic E-state index is 12.2. The third kappa shape index (κ3) is 3.77. The first kappa shape index (κ1) is 18.0. The van der Waals surface area contributed by atoms with Gasteiger partial charge < -0.3 is 14.4 Å². The van der Waals surface area contributed by atoms with Gasteiger partial charge in [-0.15, -0.1) is 0 Å². The number of rotatable bonds is 4. The first-order valence-electron chi connectivity index (χ1n) is 6.73. The molecule has 6 nitrogen and oxygen atoms in total. The van der Waals surface area contributed by atoms with Gasteiger partial charge in [-0.1, -0.05) is 23.2 Å². The van der Waals surface area contributed by atoms with E-state index in [2.05, 4.69) is 4.74 Å². The molecule has 0 saturated heterocycles. The molecule has 1 aromatic heterocycles. The zero-order valence-corrected chi connectivity index (χ0v) is 14.0. The number of carbonyl (C=O) groups is 1. The van der Waals surface area contributed by atoms with E-state index in [-0.39, 0.29) is 22.7 Å². The van der Waals surface area contributed by atoms with Crippen LogP contribution in [-0.2, 0) is 11.3 Å². The fourth-order valence-corrected chi connectivity index (χ4v) is 2.56. The summed E-state index contributed by atoms with van der Waals surface area (Å²) in [6.45, 7) is -0.210. The lowest BCUT2D eigenvalue weighted by Crippen LogP contribution is -2.26. The molecule has 0 spiro atoms.